The lowest BCUT2D eigenvalue weighted by atomic mass is 10.00. The third-order valence-corrected chi connectivity index (χ3v) is 5.28. The van der Waals surface area contributed by atoms with Crippen molar-refractivity contribution in [2.24, 2.45) is 0 Å². The first kappa shape index (κ1) is 17.1. The van der Waals surface area contributed by atoms with Crippen molar-refractivity contribution in [3.05, 3.63) is 53.8 Å². The zero-order valence-electron chi connectivity index (χ0n) is 13.5. The van der Waals surface area contributed by atoms with Crippen LogP contribution < -0.4 is 5.32 Å². The summed E-state index contributed by atoms with van der Waals surface area (Å²) in [7, 11) is -3.23. The number of hydrogen-bond donors (Lipinski definition) is 1. The summed E-state index contributed by atoms with van der Waals surface area (Å²) in [5, 5.41) is 3.23. The quantitative estimate of drug-likeness (QED) is 0.902. The molecule has 1 atom stereocenters. The molecule has 2 aromatic rings. The summed E-state index contributed by atoms with van der Waals surface area (Å²) in [6, 6.07) is 11.2. The van der Waals surface area contributed by atoms with Gasteiger partial charge in [0.2, 0.25) is 0 Å². The van der Waals surface area contributed by atoms with Crippen molar-refractivity contribution in [2.75, 3.05) is 19.3 Å². The van der Waals surface area contributed by atoms with Gasteiger partial charge >= 0.3 is 0 Å². The molecule has 1 N–H and O–H groups in total. The SMILES string of the molecule is CS(=O)(=O)c1ccc(-c2ccc(F)cc2CO[C@H]2CCNC2)cc1. The Kier molecular flexibility index (Phi) is 4.99. The predicted molar refractivity (Wildman–Crippen MR) is 91.0 cm³/mol. The number of halogens is 1. The van der Waals surface area contributed by atoms with Gasteiger partial charge in [-0.1, -0.05) is 18.2 Å². The van der Waals surface area contributed by atoms with E-state index in [9.17, 15) is 12.8 Å². The molecule has 0 amide bonds. The van der Waals surface area contributed by atoms with E-state index >= 15 is 0 Å². The Morgan fingerprint density at radius 1 is 1.21 bits per heavy atom. The van der Waals surface area contributed by atoms with Gasteiger partial charge in [-0.25, -0.2) is 12.8 Å². The molecule has 24 heavy (non-hydrogen) atoms. The minimum absolute atomic E-state index is 0.147. The molecule has 0 aromatic heterocycles. The van der Waals surface area contributed by atoms with Crippen molar-refractivity contribution in [3.8, 4) is 11.1 Å². The average molecular weight is 349 g/mol. The minimum Gasteiger partial charge on any atom is -0.372 e. The van der Waals surface area contributed by atoms with Crippen LogP contribution in [0.4, 0.5) is 4.39 Å². The lowest BCUT2D eigenvalue weighted by Crippen LogP contribution is -2.16. The van der Waals surface area contributed by atoms with Gasteiger partial charge in [0.1, 0.15) is 5.82 Å². The van der Waals surface area contributed by atoms with Crippen molar-refractivity contribution in [1.82, 2.24) is 5.32 Å². The number of hydrogen-bond acceptors (Lipinski definition) is 4. The minimum atomic E-state index is -3.23. The summed E-state index contributed by atoms with van der Waals surface area (Å²) in [5.74, 6) is -0.311. The second kappa shape index (κ2) is 7.01. The maximum absolute atomic E-state index is 13.6. The Morgan fingerprint density at radius 3 is 2.58 bits per heavy atom. The summed E-state index contributed by atoms with van der Waals surface area (Å²) >= 11 is 0. The molecule has 3 rings (SSSR count). The van der Waals surface area contributed by atoms with Crippen LogP contribution in [0.5, 0.6) is 0 Å². The number of rotatable bonds is 5. The maximum atomic E-state index is 13.6. The molecule has 0 spiro atoms. The topological polar surface area (TPSA) is 55.4 Å². The fraction of sp³-hybridized carbons (Fsp3) is 0.333. The molecule has 6 heteroatoms. The molecule has 0 aliphatic carbocycles. The first-order valence-electron chi connectivity index (χ1n) is 7.85. The largest absolute Gasteiger partial charge is 0.372 e. The van der Waals surface area contributed by atoms with Crippen LogP contribution in [-0.4, -0.2) is 33.9 Å². The van der Waals surface area contributed by atoms with Gasteiger partial charge < -0.3 is 10.1 Å². The molecule has 2 aromatic carbocycles. The normalized spacial score (nSPS) is 18.0. The Labute approximate surface area is 141 Å². The van der Waals surface area contributed by atoms with Crippen molar-refractivity contribution < 1.29 is 17.5 Å². The summed E-state index contributed by atoms with van der Waals surface area (Å²) in [4.78, 5) is 0.267. The van der Waals surface area contributed by atoms with E-state index in [4.69, 9.17) is 4.74 Å². The zero-order chi connectivity index (χ0) is 17.2. The molecule has 1 aliphatic rings. The Bertz CT molecular complexity index is 813. The van der Waals surface area contributed by atoms with Gasteiger partial charge in [-0.2, -0.15) is 0 Å². The third kappa shape index (κ3) is 4.01. The first-order valence-corrected chi connectivity index (χ1v) is 9.74. The fourth-order valence-corrected chi connectivity index (χ4v) is 3.45. The highest BCUT2D eigenvalue weighted by Crippen LogP contribution is 2.27. The smallest absolute Gasteiger partial charge is 0.175 e. The van der Waals surface area contributed by atoms with E-state index in [1.54, 1.807) is 30.3 Å². The molecule has 0 unspecified atom stereocenters. The standard InChI is InChI=1S/C18H20FNO3S/c1-24(21,22)17-5-2-13(3-6-17)18-7-4-15(19)10-14(18)12-23-16-8-9-20-11-16/h2-7,10,16,20H,8-9,11-12H2,1H3/t16-/m0/s1. The van der Waals surface area contributed by atoms with Crippen LogP contribution in [0.25, 0.3) is 11.1 Å². The third-order valence-electron chi connectivity index (χ3n) is 4.15. The monoisotopic (exact) mass is 349 g/mol. The van der Waals surface area contributed by atoms with E-state index in [-0.39, 0.29) is 16.8 Å². The molecule has 0 saturated carbocycles. The van der Waals surface area contributed by atoms with Crippen LogP contribution in [-0.2, 0) is 21.2 Å². The number of sulfone groups is 1. The molecule has 1 heterocycles. The Balaban J connectivity index is 1.86. The summed E-state index contributed by atoms with van der Waals surface area (Å²) in [5.41, 5.74) is 2.45. The fourth-order valence-electron chi connectivity index (χ4n) is 2.82. The number of ether oxygens (including phenoxy) is 1. The van der Waals surface area contributed by atoms with Gasteiger partial charge in [-0.3, -0.25) is 0 Å². The summed E-state index contributed by atoms with van der Waals surface area (Å²) < 4.78 is 42.6. The van der Waals surface area contributed by atoms with Gasteiger partial charge in [0, 0.05) is 12.8 Å². The average Bonchev–Trinajstić information content (AvgIpc) is 3.06. The van der Waals surface area contributed by atoms with Gasteiger partial charge in [-0.05, 0) is 53.9 Å². The second-order valence-corrected chi connectivity index (χ2v) is 8.04. The Morgan fingerprint density at radius 2 is 1.96 bits per heavy atom. The highest BCUT2D eigenvalue weighted by atomic mass is 32.2. The van der Waals surface area contributed by atoms with E-state index in [0.717, 1.165) is 36.2 Å². The van der Waals surface area contributed by atoms with Crippen LogP contribution in [0.15, 0.2) is 47.4 Å². The van der Waals surface area contributed by atoms with E-state index in [2.05, 4.69) is 5.32 Å². The van der Waals surface area contributed by atoms with E-state index in [0.29, 0.717) is 6.61 Å². The van der Waals surface area contributed by atoms with Crippen molar-refractivity contribution in [3.63, 3.8) is 0 Å². The van der Waals surface area contributed by atoms with E-state index in [1.165, 1.54) is 18.4 Å². The van der Waals surface area contributed by atoms with Crippen molar-refractivity contribution >= 4 is 9.84 Å². The van der Waals surface area contributed by atoms with Crippen molar-refractivity contribution in [2.45, 2.75) is 24.0 Å². The lowest BCUT2D eigenvalue weighted by molar-refractivity contribution is 0.0543. The highest BCUT2D eigenvalue weighted by Gasteiger charge is 2.16. The molecule has 1 aliphatic heterocycles. The maximum Gasteiger partial charge on any atom is 0.175 e. The first-order chi connectivity index (χ1) is 11.4. The molecule has 0 bridgehead atoms. The summed E-state index contributed by atoms with van der Waals surface area (Å²) in [6.45, 7) is 2.08. The van der Waals surface area contributed by atoms with Crippen molar-refractivity contribution in [1.29, 1.82) is 0 Å². The van der Waals surface area contributed by atoms with Crippen LogP contribution in [0.1, 0.15) is 12.0 Å². The van der Waals surface area contributed by atoms with Crippen LogP contribution >= 0.6 is 0 Å². The van der Waals surface area contributed by atoms with Gasteiger partial charge in [0.15, 0.2) is 9.84 Å². The van der Waals surface area contributed by atoms with Gasteiger partial charge in [0.05, 0.1) is 17.6 Å². The van der Waals surface area contributed by atoms with E-state index < -0.39 is 9.84 Å². The molecule has 4 nitrogen and oxygen atoms in total. The van der Waals surface area contributed by atoms with Crippen LogP contribution in [0.3, 0.4) is 0 Å². The van der Waals surface area contributed by atoms with Gasteiger partial charge in [0.25, 0.3) is 0 Å². The Hall–Kier alpha value is -1.76. The van der Waals surface area contributed by atoms with Gasteiger partial charge in [-0.15, -0.1) is 0 Å². The molecule has 1 saturated heterocycles. The second-order valence-electron chi connectivity index (χ2n) is 6.02. The molecule has 0 radical (unpaired) electrons. The number of nitrogens with one attached hydrogen (secondary N) is 1. The van der Waals surface area contributed by atoms with Crippen LogP contribution in [0, 0.1) is 5.82 Å². The molecular weight excluding hydrogens is 329 g/mol. The molecular formula is C18H20FNO3S. The summed E-state index contributed by atoms with van der Waals surface area (Å²) in [6.07, 6.45) is 2.27. The molecule has 128 valence electrons. The zero-order valence-corrected chi connectivity index (χ0v) is 14.3. The lowest BCUT2D eigenvalue weighted by Gasteiger charge is -2.14. The van der Waals surface area contributed by atoms with Crippen LogP contribution in [0.2, 0.25) is 0 Å². The predicted octanol–water partition coefficient (Wildman–Crippen LogP) is 2.77. The number of benzene rings is 2. The van der Waals surface area contributed by atoms with E-state index in [1.807, 2.05) is 0 Å². The highest BCUT2D eigenvalue weighted by molar-refractivity contribution is 7.90. The molecule has 1 fully saturated rings.